The van der Waals surface area contributed by atoms with Crippen LogP contribution in [0.1, 0.15) is 37.6 Å². The van der Waals surface area contributed by atoms with Gasteiger partial charge in [-0.15, -0.1) is 11.3 Å². The molecule has 1 nitrogen and oxygen atoms in total. The van der Waals surface area contributed by atoms with E-state index in [0.717, 1.165) is 6.54 Å². The van der Waals surface area contributed by atoms with Crippen molar-refractivity contribution in [1.29, 1.82) is 0 Å². The van der Waals surface area contributed by atoms with Gasteiger partial charge in [-0.3, -0.25) is 0 Å². The number of hydrogen-bond donors (Lipinski definition) is 1. The maximum Gasteiger partial charge on any atom is 0.0386 e. The fourth-order valence-corrected chi connectivity index (χ4v) is 1.89. The number of nitrogens with one attached hydrogen (secondary N) is 1. The van der Waals surface area contributed by atoms with Crippen LogP contribution in [0.4, 0.5) is 0 Å². The van der Waals surface area contributed by atoms with Crippen LogP contribution in [0, 0.1) is 0 Å². The molecule has 0 spiro atoms. The highest BCUT2D eigenvalue weighted by Crippen LogP contribution is 2.17. The zero-order valence-corrected chi connectivity index (χ0v) is 8.66. The summed E-state index contributed by atoms with van der Waals surface area (Å²) in [6.45, 7) is 5.58. The Hall–Kier alpha value is -0.340. The first-order valence-electron chi connectivity index (χ1n) is 4.61. The van der Waals surface area contributed by atoms with Crippen LogP contribution >= 0.6 is 11.3 Å². The average Bonchev–Trinajstić information content (AvgIpc) is 2.56. The molecular weight excluding hydrogens is 166 g/mol. The molecule has 12 heavy (non-hydrogen) atoms. The van der Waals surface area contributed by atoms with Gasteiger partial charge in [0.05, 0.1) is 0 Å². The zero-order chi connectivity index (χ0) is 8.81. The average molecular weight is 183 g/mol. The largest absolute Gasteiger partial charge is 0.309 e. The van der Waals surface area contributed by atoms with Crippen LogP contribution in [0.25, 0.3) is 0 Å². The first kappa shape index (κ1) is 9.75. The topological polar surface area (TPSA) is 12.0 Å². The molecule has 1 aromatic heterocycles. The molecule has 0 aliphatic rings. The van der Waals surface area contributed by atoms with E-state index in [-0.39, 0.29) is 0 Å². The Bertz CT molecular complexity index is 194. The Balaban J connectivity index is 2.25. The molecule has 1 heterocycles. The van der Waals surface area contributed by atoms with Crippen molar-refractivity contribution in [2.75, 3.05) is 6.54 Å². The van der Waals surface area contributed by atoms with Crippen LogP contribution in [0.15, 0.2) is 17.5 Å². The fourth-order valence-electron chi connectivity index (χ4n) is 1.13. The van der Waals surface area contributed by atoms with E-state index in [1.54, 1.807) is 0 Å². The second-order valence-corrected chi connectivity index (χ2v) is 4.02. The summed E-state index contributed by atoms with van der Waals surface area (Å²) in [5.74, 6) is 0. The summed E-state index contributed by atoms with van der Waals surface area (Å²) in [5.41, 5.74) is 0. The van der Waals surface area contributed by atoms with Crippen molar-refractivity contribution in [1.82, 2.24) is 5.32 Å². The summed E-state index contributed by atoms with van der Waals surface area (Å²) in [6.07, 6.45) is 2.54. The lowest BCUT2D eigenvalue weighted by Crippen LogP contribution is -2.18. The molecule has 0 radical (unpaired) electrons. The Labute approximate surface area is 78.8 Å². The monoisotopic (exact) mass is 183 g/mol. The smallest absolute Gasteiger partial charge is 0.0386 e. The van der Waals surface area contributed by atoms with Crippen LogP contribution in [-0.4, -0.2) is 6.54 Å². The summed E-state index contributed by atoms with van der Waals surface area (Å²) in [4.78, 5) is 1.44. The van der Waals surface area contributed by atoms with E-state index in [2.05, 4.69) is 36.7 Å². The van der Waals surface area contributed by atoms with Gasteiger partial charge in [0.2, 0.25) is 0 Å². The van der Waals surface area contributed by atoms with Crippen LogP contribution in [-0.2, 0) is 0 Å². The van der Waals surface area contributed by atoms with Crippen molar-refractivity contribution >= 4 is 11.3 Å². The van der Waals surface area contributed by atoms with Gasteiger partial charge in [-0.1, -0.05) is 19.4 Å². The minimum atomic E-state index is 0.525. The van der Waals surface area contributed by atoms with Crippen molar-refractivity contribution < 1.29 is 0 Å². The molecule has 1 N–H and O–H groups in total. The van der Waals surface area contributed by atoms with Gasteiger partial charge in [0.25, 0.3) is 0 Å². The molecule has 1 atom stereocenters. The Kier molecular flexibility index (Phi) is 4.33. The molecule has 0 aliphatic carbocycles. The van der Waals surface area contributed by atoms with Crippen LogP contribution in [0.2, 0.25) is 0 Å². The molecule has 1 unspecified atom stereocenters. The normalized spacial score (nSPS) is 13.2. The number of thiophene rings is 1. The number of hydrogen-bond acceptors (Lipinski definition) is 2. The Morgan fingerprint density at radius 1 is 1.58 bits per heavy atom. The van der Waals surface area contributed by atoms with E-state index in [0.29, 0.717) is 6.04 Å². The standard InChI is InChI=1S/C10H17NS/c1-3-4-7-11-9(2)10-6-5-8-12-10/h5-6,8-9,11H,3-4,7H2,1-2H3. The minimum absolute atomic E-state index is 0.525. The molecule has 0 aromatic carbocycles. The van der Waals surface area contributed by atoms with E-state index in [4.69, 9.17) is 0 Å². The lowest BCUT2D eigenvalue weighted by atomic mass is 10.2. The van der Waals surface area contributed by atoms with Crippen LogP contribution in [0.3, 0.4) is 0 Å². The summed E-state index contributed by atoms with van der Waals surface area (Å²) in [6, 6.07) is 4.82. The van der Waals surface area contributed by atoms with E-state index >= 15 is 0 Å². The second-order valence-electron chi connectivity index (χ2n) is 3.04. The van der Waals surface area contributed by atoms with Gasteiger partial charge in [0.15, 0.2) is 0 Å². The molecule has 1 rings (SSSR count). The van der Waals surface area contributed by atoms with Gasteiger partial charge in [-0.25, -0.2) is 0 Å². The molecule has 0 fully saturated rings. The zero-order valence-electron chi connectivity index (χ0n) is 7.84. The lowest BCUT2D eigenvalue weighted by molar-refractivity contribution is 0.561. The fraction of sp³-hybridized carbons (Fsp3) is 0.600. The quantitative estimate of drug-likeness (QED) is 0.691. The third kappa shape index (κ3) is 2.95. The van der Waals surface area contributed by atoms with Crippen molar-refractivity contribution in [3.8, 4) is 0 Å². The third-order valence-electron chi connectivity index (χ3n) is 1.95. The first-order chi connectivity index (χ1) is 5.84. The van der Waals surface area contributed by atoms with Gasteiger partial charge < -0.3 is 5.32 Å². The molecule has 0 amide bonds. The molecule has 0 saturated heterocycles. The van der Waals surface area contributed by atoms with Gasteiger partial charge in [-0.05, 0) is 31.3 Å². The minimum Gasteiger partial charge on any atom is -0.309 e. The second kappa shape index (κ2) is 5.33. The van der Waals surface area contributed by atoms with Gasteiger partial charge in [0, 0.05) is 10.9 Å². The molecule has 68 valence electrons. The molecule has 0 aliphatic heterocycles. The van der Waals surface area contributed by atoms with Gasteiger partial charge in [0.1, 0.15) is 0 Å². The highest BCUT2D eigenvalue weighted by Gasteiger charge is 2.03. The molecule has 0 bridgehead atoms. The lowest BCUT2D eigenvalue weighted by Gasteiger charge is -2.10. The van der Waals surface area contributed by atoms with Gasteiger partial charge >= 0.3 is 0 Å². The maximum absolute atomic E-state index is 3.50. The molecular formula is C10H17NS. The number of rotatable bonds is 5. The van der Waals surface area contributed by atoms with Gasteiger partial charge in [-0.2, -0.15) is 0 Å². The van der Waals surface area contributed by atoms with Crippen molar-refractivity contribution in [3.05, 3.63) is 22.4 Å². The highest BCUT2D eigenvalue weighted by atomic mass is 32.1. The number of unbranched alkanes of at least 4 members (excludes halogenated alkanes) is 1. The van der Waals surface area contributed by atoms with Crippen molar-refractivity contribution in [2.45, 2.75) is 32.7 Å². The van der Waals surface area contributed by atoms with E-state index in [1.807, 2.05) is 11.3 Å². The Morgan fingerprint density at radius 2 is 2.42 bits per heavy atom. The van der Waals surface area contributed by atoms with Crippen molar-refractivity contribution in [3.63, 3.8) is 0 Å². The summed E-state index contributed by atoms with van der Waals surface area (Å²) in [7, 11) is 0. The highest BCUT2D eigenvalue weighted by molar-refractivity contribution is 7.10. The van der Waals surface area contributed by atoms with E-state index in [9.17, 15) is 0 Å². The summed E-state index contributed by atoms with van der Waals surface area (Å²) < 4.78 is 0. The summed E-state index contributed by atoms with van der Waals surface area (Å²) >= 11 is 1.83. The molecule has 2 heteroatoms. The maximum atomic E-state index is 3.50. The first-order valence-corrected chi connectivity index (χ1v) is 5.49. The predicted molar refractivity (Wildman–Crippen MR) is 55.6 cm³/mol. The molecule has 0 saturated carbocycles. The van der Waals surface area contributed by atoms with Crippen LogP contribution < -0.4 is 5.32 Å². The van der Waals surface area contributed by atoms with Crippen molar-refractivity contribution in [2.24, 2.45) is 0 Å². The predicted octanol–water partition coefficient (Wildman–Crippen LogP) is 3.20. The van der Waals surface area contributed by atoms with Crippen LogP contribution in [0.5, 0.6) is 0 Å². The van der Waals surface area contributed by atoms with E-state index in [1.165, 1.54) is 17.7 Å². The SMILES string of the molecule is CCCCNC(C)c1cccs1. The molecule has 1 aromatic rings. The third-order valence-corrected chi connectivity index (χ3v) is 3.01. The van der Waals surface area contributed by atoms with E-state index < -0.39 is 0 Å². The summed E-state index contributed by atoms with van der Waals surface area (Å²) in [5, 5.41) is 5.63. The Morgan fingerprint density at radius 3 is 3.00 bits per heavy atom.